The van der Waals surface area contributed by atoms with Gasteiger partial charge in [0.05, 0.1) is 12.9 Å². The Morgan fingerprint density at radius 3 is 2.93 bits per heavy atom. The van der Waals surface area contributed by atoms with Crippen LogP contribution in [0, 0.1) is 5.92 Å². The fourth-order valence-corrected chi connectivity index (χ4v) is 1.08. The molecule has 0 aromatic rings. The van der Waals surface area contributed by atoms with Crippen LogP contribution in [0.2, 0.25) is 0 Å². The molecule has 0 rings (SSSR count). The highest BCUT2D eigenvalue weighted by molar-refractivity contribution is 5.78. The van der Waals surface area contributed by atoms with E-state index in [0.29, 0.717) is 13.2 Å². The van der Waals surface area contributed by atoms with E-state index in [1.54, 1.807) is 0 Å². The molecule has 1 amide bonds. The maximum Gasteiger partial charge on any atom is 0.224 e. The minimum Gasteiger partial charge on any atom is -0.502 e. The van der Waals surface area contributed by atoms with Crippen LogP contribution < -0.4 is 10.6 Å². The number of carbonyl (C=O) groups is 1. The van der Waals surface area contributed by atoms with Crippen molar-refractivity contribution in [2.75, 3.05) is 26.2 Å². The van der Waals surface area contributed by atoms with Crippen LogP contribution in [0.5, 0.6) is 0 Å². The number of ether oxygens (including phenoxy) is 1. The van der Waals surface area contributed by atoms with Crippen molar-refractivity contribution in [1.29, 1.82) is 0 Å². The predicted molar refractivity (Wildman–Crippen MR) is 61.5 cm³/mol. The average Bonchev–Trinajstić information content (AvgIpc) is 2.25. The van der Waals surface area contributed by atoms with Gasteiger partial charge in [-0.1, -0.05) is 20.4 Å². The van der Waals surface area contributed by atoms with Crippen LogP contribution in [0.1, 0.15) is 20.3 Å². The number of amides is 1. The molecule has 0 aromatic heterocycles. The third kappa shape index (κ3) is 8.00. The average molecular weight is 214 g/mol. The summed E-state index contributed by atoms with van der Waals surface area (Å²) in [6, 6.07) is 0. The lowest BCUT2D eigenvalue weighted by molar-refractivity contribution is -0.124. The maximum absolute atomic E-state index is 11.5. The Morgan fingerprint density at radius 2 is 2.33 bits per heavy atom. The molecule has 0 heterocycles. The van der Waals surface area contributed by atoms with Crippen LogP contribution in [-0.4, -0.2) is 32.1 Å². The molecule has 0 aromatic carbocycles. The van der Waals surface area contributed by atoms with E-state index in [1.165, 1.54) is 6.26 Å². The third-order valence-corrected chi connectivity index (χ3v) is 2.00. The van der Waals surface area contributed by atoms with Gasteiger partial charge in [0.1, 0.15) is 0 Å². The van der Waals surface area contributed by atoms with Crippen LogP contribution in [0.25, 0.3) is 0 Å². The van der Waals surface area contributed by atoms with E-state index in [-0.39, 0.29) is 11.8 Å². The second-order valence-electron chi connectivity index (χ2n) is 3.39. The number of rotatable bonds is 9. The molecule has 0 fully saturated rings. The summed E-state index contributed by atoms with van der Waals surface area (Å²) < 4.78 is 4.94. The second-order valence-corrected chi connectivity index (χ2v) is 3.39. The largest absolute Gasteiger partial charge is 0.502 e. The summed E-state index contributed by atoms with van der Waals surface area (Å²) >= 11 is 0. The fourth-order valence-electron chi connectivity index (χ4n) is 1.08. The van der Waals surface area contributed by atoms with Gasteiger partial charge >= 0.3 is 0 Å². The molecular weight excluding hydrogens is 192 g/mol. The molecule has 0 radical (unpaired) electrons. The van der Waals surface area contributed by atoms with Gasteiger partial charge in [0.25, 0.3) is 0 Å². The van der Waals surface area contributed by atoms with Gasteiger partial charge in [-0.3, -0.25) is 4.79 Å². The Labute approximate surface area is 92.1 Å². The molecule has 0 bridgehead atoms. The Morgan fingerprint density at radius 1 is 1.60 bits per heavy atom. The van der Waals surface area contributed by atoms with E-state index in [1.807, 2.05) is 13.8 Å². The van der Waals surface area contributed by atoms with Crippen molar-refractivity contribution < 1.29 is 9.53 Å². The van der Waals surface area contributed by atoms with E-state index in [2.05, 4.69) is 17.2 Å². The van der Waals surface area contributed by atoms with Crippen LogP contribution in [0.4, 0.5) is 0 Å². The monoisotopic (exact) mass is 214 g/mol. The van der Waals surface area contributed by atoms with Crippen LogP contribution in [-0.2, 0) is 9.53 Å². The zero-order valence-corrected chi connectivity index (χ0v) is 9.71. The van der Waals surface area contributed by atoms with Gasteiger partial charge in [-0.2, -0.15) is 0 Å². The first-order valence-electron chi connectivity index (χ1n) is 5.43. The summed E-state index contributed by atoms with van der Waals surface area (Å²) in [5.41, 5.74) is 0. The Hall–Kier alpha value is -1.03. The fraction of sp³-hybridized carbons (Fsp3) is 0.727. The van der Waals surface area contributed by atoms with Crippen molar-refractivity contribution in [1.82, 2.24) is 10.6 Å². The minimum absolute atomic E-state index is 0.0188. The molecule has 0 spiro atoms. The summed E-state index contributed by atoms with van der Waals surface area (Å²) in [6.45, 7) is 10.3. The van der Waals surface area contributed by atoms with Crippen molar-refractivity contribution in [3.63, 3.8) is 0 Å². The highest BCUT2D eigenvalue weighted by atomic mass is 16.5. The number of hydrogen-bond donors (Lipinski definition) is 2. The summed E-state index contributed by atoms with van der Waals surface area (Å²) in [6.07, 6.45) is 2.22. The SMILES string of the molecule is C=COCCCNC(=O)C(C)CNCC. The van der Waals surface area contributed by atoms with E-state index in [4.69, 9.17) is 4.74 Å². The quantitative estimate of drug-likeness (QED) is 0.443. The second kappa shape index (κ2) is 9.52. The molecule has 4 heteroatoms. The molecule has 1 atom stereocenters. The Bertz CT molecular complexity index is 183. The number of carbonyl (C=O) groups excluding carboxylic acids is 1. The topological polar surface area (TPSA) is 50.4 Å². The molecule has 1 unspecified atom stereocenters. The van der Waals surface area contributed by atoms with Crippen molar-refractivity contribution >= 4 is 5.91 Å². The highest BCUT2D eigenvalue weighted by Gasteiger charge is 2.10. The molecule has 15 heavy (non-hydrogen) atoms. The van der Waals surface area contributed by atoms with E-state index in [0.717, 1.165) is 19.5 Å². The van der Waals surface area contributed by atoms with Gasteiger partial charge in [-0.05, 0) is 13.0 Å². The van der Waals surface area contributed by atoms with Crippen molar-refractivity contribution in [2.24, 2.45) is 5.92 Å². The first-order chi connectivity index (χ1) is 7.22. The van der Waals surface area contributed by atoms with Crippen LogP contribution >= 0.6 is 0 Å². The van der Waals surface area contributed by atoms with Crippen molar-refractivity contribution in [3.8, 4) is 0 Å². The Kier molecular flexibility index (Phi) is 8.87. The van der Waals surface area contributed by atoms with Gasteiger partial charge in [0.2, 0.25) is 5.91 Å². The van der Waals surface area contributed by atoms with Crippen molar-refractivity contribution in [2.45, 2.75) is 20.3 Å². The normalized spacial score (nSPS) is 11.9. The van der Waals surface area contributed by atoms with Gasteiger partial charge in [-0.25, -0.2) is 0 Å². The summed E-state index contributed by atoms with van der Waals surface area (Å²) in [5, 5.41) is 6.00. The lowest BCUT2D eigenvalue weighted by Gasteiger charge is -2.12. The Balaban J connectivity index is 3.42. The standard InChI is InChI=1S/C11H22N2O2/c1-4-12-9-10(3)11(14)13-7-6-8-15-5-2/h5,10,12H,2,4,6-9H2,1,3H3,(H,13,14). The summed E-state index contributed by atoms with van der Waals surface area (Å²) in [7, 11) is 0. The predicted octanol–water partition coefficient (Wildman–Crippen LogP) is 0.898. The zero-order valence-electron chi connectivity index (χ0n) is 9.71. The molecule has 0 aliphatic rings. The smallest absolute Gasteiger partial charge is 0.224 e. The van der Waals surface area contributed by atoms with Crippen molar-refractivity contribution in [3.05, 3.63) is 12.8 Å². The van der Waals surface area contributed by atoms with Crippen LogP contribution in [0.15, 0.2) is 12.8 Å². The van der Waals surface area contributed by atoms with Gasteiger partial charge < -0.3 is 15.4 Å². The minimum atomic E-state index is 0.0188. The molecule has 0 saturated heterocycles. The highest BCUT2D eigenvalue weighted by Crippen LogP contribution is 1.92. The summed E-state index contributed by atoms with van der Waals surface area (Å²) in [5.74, 6) is 0.111. The van der Waals surface area contributed by atoms with Crippen LogP contribution in [0.3, 0.4) is 0 Å². The molecular formula is C11H22N2O2. The van der Waals surface area contributed by atoms with Gasteiger partial charge in [0.15, 0.2) is 0 Å². The summed E-state index contributed by atoms with van der Waals surface area (Å²) in [4.78, 5) is 11.5. The van der Waals surface area contributed by atoms with Gasteiger partial charge in [-0.15, -0.1) is 0 Å². The molecule has 2 N–H and O–H groups in total. The van der Waals surface area contributed by atoms with Gasteiger partial charge in [0, 0.05) is 19.0 Å². The lowest BCUT2D eigenvalue weighted by atomic mass is 10.1. The first-order valence-corrected chi connectivity index (χ1v) is 5.43. The molecule has 4 nitrogen and oxygen atoms in total. The molecule has 0 aliphatic heterocycles. The molecule has 0 aliphatic carbocycles. The number of hydrogen-bond acceptors (Lipinski definition) is 3. The van der Waals surface area contributed by atoms with E-state index in [9.17, 15) is 4.79 Å². The maximum atomic E-state index is 11.5. The molecule has 0 saturated carbocycles. The van der Waals surface area contributed by atoms with E-state index < -0.39 is 0 Å². The number of nitrogens with one attached hydrogen (secondary N) is 2. The zero-order chi connectivity index (χ0) is 11.5. The first kappa shape index (κ1) is 14.0. The lowest BCUT2D eigenvalue weighted by Crippen LogP contribution is -2.35. The molecule has 88 valence electrons. The third-order valence-electron chi connectivity index (χ3n) is 2.00. The van der Waals surface area contributed by atoms with E-state index >= 15 is 0 Å².